The smallest absolute Gasteiger partial charge is 0.203 e. The molecule has 9 atom stereocenters. The van der Waals surface area contributed by atoms with Gasteiger partial charge in [-0.25, -0.2) is 0 Å². The Morgan fingerprint density at radius 3 is 2.74 bits per heavy atom. The Balaban J connectivity index is 1.50. The van der Waals surface area contributed by atoms with E-state index in [1.165, 1.54) is 11.8 Å². The van der Waals surface area contributed by atoms with E-state index in [0.717, 1.165) is 44.1 Å². The van der Waals surface area contributed by atoms with E-state index in [1.54, 1.807) is 18.2 Å². The fourth-order valence-corrected chi connectivity index (χ4v) is 8.05. The lowest BCUT2D eigenvalue weighted by atomic mass is 9.57. The van der Waals surface area contributed by atoms with E-state index in [1.807, 2.05) is 13.0 Å². The fraction of sp³-hybridized carbons (Fsp3) is 0.618. The molecule has 4 rings (SSSR count). The molecule has 3 aliphatic rings. The SMILES string of the molecule is C=C[C@@](C)(/C=C/[C@@H](O)[C@H](CC)C(=O)c1ccco1)C1CCC2/C(=C/CC3C[C@@H](O)C[C@H](O)C3=C)CCC[C@@]21C. The molecular weight excluding hydrogens is 488 g/mol. The molecule has 3 fully saturated rings. The molecule has 0 aromatic carbocycles. The van der Waals surface area contributed by atoms with Gasteiger partial charge in [0.05, 0.1) is 30.5 Å². The van der Waals surface area contributed by atoms with E-state index < -0.39 is 24.2 Å². The highest BCUT2D eigenvalue weighted by molar-refractivity contribution is 5.95. The van der Waals surface area contributed by atoms with Crippen molar-refractivity contribution in [1.82, 2.24) is 0 Å². The van der Waals surface area contributed by atoms with Crippen molar-refractivity contribution in [3.05, 3.63) is 72.8 Å². The molecule has 5 nitrogen and oxygen atoms in total. The summed E-state index contributed by atoms with van der Waals surface area (Å²) in [6.07, 6.45) is 15.8. The summed E-state index contributed by atoms with van der Waals surface area (Å²) in [4.78, 5) is 12.9. The van der Waals surface area contributed by atoms with E-state index in [9.17, 15) is 20.1 Å². The molecule has 214 valence electrons. The van der Waals surface area contributed by atoms with Gasteiger partial charge in [0.1, 0.15) is 0 Å². The van der Waals surface area contributed by atoms with Gasteiger partial charge >= 0.3 is 0 Å². The van der Waals surface area contributed by atoms with Gasteiger partial charge in [0.15, 0.2) is 5.76 Å². The predicted molar refractivity (Wildman–Crippen MR) is 155 cm³/mol. The first-order valence-corrected chi connectivity index (χ1v) is 14.9. The highest BCUT2D eigenvalue weighted by Gasteiger charge is 2.54. The van der Waals surface area contributed by atoms with E-state index >= 15 is 0 Å². The van der Waals surface area contributed by atoms with Gasteiger partial charge in [-0.15, -0.1) is 6.58 Å². The number of Topliss-reactive ketones (excluding diaryl/α,β-unsaturated/α-hetero) is 1. The summed E-state index contributed by atoms with van der Waals surface area (Å²) >= 11 is 0. The molecular formula is C34H48O5. The third-order valence-corrected chi connectivity index (χ3v) is 10.4. The van der Waals surface area contributed by atoms with Gasteiger partial charge in [-0.1, -0.05) is 57.2 Å². The topological polar surface area (TPSA) is 90.9 Å². The van der Waals surface area contributed by atoms with E-state index in [0.29, 0.717) is 31.1 Å². The van der Waals surface area contributed by atoms with Gasteiger partial charge in [-0.05, 0) is 92.2 Å². The number of carbonyl (C=O) groups excluding carboxylic acids is 1. The molecule has 5 heteroatoms. The van der Waals surface area contributed by atoms with E-state index in [2.05, 4.69) is 39.2 Å². The standard InChI is InChI=1S/C34H48O5/c1-6-26(32(38)30-11-9-19-39-30)28(36)16-18-33(4,7-2)31-15-14-27-23(10-8-17-34(27,31)5)12-13-24-20-25(35)21-29(37)22(24)3/h7,9,11-12,16,18-19,24-29,31,35-37H,2-3,6,8,10,13-15,17,20-21H2,1,4-5H3/b18-16+,23-12+/t24?,25-,26+,27?,28-,29+,31?,33+,34+/m1/s1. The van der Waals surface area contributed by atoms with Crippen LogP contribution in [0.3, 0.4) is 0 Å². The van der Waals surface area contributed by atoms with Crippen LogP contribution in [0.15, 0.2) is 71.4 Å². The Morgan fingerprint density at radius 2 is 2.08 bits per heavy atom. The predicted octanol–water partition coefficient (Wildman–Crippen LogP) is 6.82. The van der Waals surface area contributed by atoms with Crippen molar-refractivity contribution in [3.8, 4) is 0 Å². The van der Waals surface area contributed by atoms with Crippen LogP contribution in [0, 0.1) is 34.5 Å². The minimum atomic E-state index is -0.895. The van der Waals surface area contributed by atoms with Crippen molar-refractivity contribution in [1.29, 1.82) is 0 Å². The first kappa shape index (κ1) is 29.8. The molecule has 3 saturated carbocycles. The maximum atomic E-state index is 12.9. The summed E-state index contributed by atoms with van der Waals surface area (Å²) < 4.78 is 5.30. The lowest BCUT2D eigenvalue weighted by molar-refractivity contribution is 0.0521. The van der Waals surface area contributed by atoms with Crippen LogP contribution in [0.2, 0.25) is 0 Å². The molecule has 1 heterocycles. The second kappa shape index (κ2) is 12.1. The summed E-state index contributed by atoms with van der Waals surface area (Å²) in [7, 11) is 0. The molecule has 1 aromatic rings. The third kappa shape index (κ3) is 5.96. The largest absolute Gasteiger partial charge is 0.461 e. The fourth-order valence-electron chi connectivity index (χ4n) is 8.05. The summed E-state index contributed by atoms with van der Waals surface area (Å²) in [5.41, 5.74) is 2.17. The highest BCUT2D eigenvalue weighted by Crippen LogP contribution is 2.62. The Bertz CT molecular complexity index is 1080. The Morgan fingerprint density at radius 1 is 1.31 bits per heavy atom. The van der Waals surface area contributed by atoms with Gasteiger partial charge < -0.3 is 19.7 Å². The lowest BCUT2D eigenvalue weighted by Gasteiger charge is -2.47. The Kier molecular flexibility index (Phi) is 9.25. The van der Waals surface area contributed by atoms with Gasteiger partial charge in [0.25, 0.3) is 0 Å². The van der Waals surface area contributed by atoms with Crippen LogP contribution in [-0.4, -0.2) is 39.4 Å². The molecule has 3 unspecified atom stereocenters. The Hall–Kier alpha value is -2.21. The zero-order valence-corrected chi connectivity index (χ0v) is 24.0. The zero-order chi connectivity index (χ0) is 28.4. The van der Waals surface area contributed by atoms with Crippen LogP contribution in [-0.2, 0) is 0 Å². The average Bonchev–Trinajstić information content (AvgIpc) is 3.57. The molecule has 3 aliphatic carbocycles. The number of aliphatic hydroxyl groups excluding tert-OH is 3. The first-order chi connectivity index (χ1) is 18.5. The van der Waals surface area contributed by atoms with Crippen LogP contribution in [0.1, 0.15) is 89.1 Å². The number of hydrogen-bond donors (Lipinski definition) is 3. The van der Waals surface area contributed by atoms with Gasteiger partial charge in [0.2, 0.25) is 5.78 Å². The van der Waals surface area contributed by atoms with Crippen LogP contribution in [0.4, 0.5) is 0 Å². The second-order valence-corrected chi connectivity index (χ2v) is 12.7. The Labute approximate surface area is 234 Å². The van der Waals surface area contributed by atoms with Crippen LogP contribution < -0.4 is 0 Å². The lowest BCUT2D eigenvalue weighted by Crippen LogP contribution is -2.40. The summed E-state index contributed by atoms with van der Waals surface area (Å²) in [5.74, 6) is 0.548. The molecule has 0 saturated heterocycles. The molecule has 0 spiro atoms. The van der Waals surface area contributed by atoms with Crippen LogP contribution in [0.5, 0.6) is 0 Å². The van der Waals surface area contributed by atoms with Gasteiger partial charge in [-0.3, -0.25) is 4.79 Å². The second-order valence-electron chi connectivity index (χ2n) is 12.7. The monoisotopic (exact) mass is 536 g/mol. The van der Waals surface area contributed by atoms with Crippen LogP contribution >= 0.6 is 0 Å². The molecule has 1 aromatic heterocycles. The number of ketones is 1. The van der Waals surface area contributed by atoms with Crippen molar-refractivity contribution in [2.24, 2.45) is 34.5 Å². The quantitative estimate of drug-likeness (QED) is 0.225. The minimum absolute atomic E-state index is 0.110. The van der Waals surface area contributed by atoms with E-state index in [-0.39, 0.29) is 28.3 Å². The van der Waals surface area contributed by atoms with E-state index in [4.69, 9.17) is 4.42 Å². The number of rotatable bonds is 10. The summed E-state index contributed by atoms with van der Waals surface area (Å²) in [5, 5.41) is 31.5. The van der Waals surface area contributed by atoms with Crippen molar-refractivity contribution in [3.63, 3.8) is 0 Å². The molecule has 0 aliphatic heterocycles. The average molecular weight is 537 g/mol. The van der Waals surface area contributed by atoms with Gasteiger partial charge in [-0.2, -0.15) is 0 Å². The van der Waals surface area contributed by atoms with Crippen molar-refractivity contribution in [2.75, 3.05) is 0 Å². The number of hydrogen-bond acceptors (Lipinski definition) is 5. The number of allylic oxidation sites excluding steroid dienone is 4. The molecule has 0 radical (unpaired) electrons. The summed E-state index contributed by atoms with van der Waals surface area (Å²) in [6.45, 7) is 14.9. The normalized spacial score (nSPS) is 35.5. The zero-order valence-electron chi connectivity index (χ0n) is 24.0. The van der Waals surface area contributed by atoms with Crippen molar-refractivity contribution >= 4 is 5.78 Å². The number of aliphatic hydroxyl groups is 3. The summed E-state index contributed by atoms with van der Waals surface area (Å²) in [6, 6.07) is 3.34. The molecule has 3 N–H and O–H groups in total. The molecule has 0 amide bonds. The maximum Gasteiger partial charge on any atom is 0.203 e. The third-order valence-electron chi connectivity index (χ3n) is 10.4. The van der Waals surface area contributed by atoms with Gasteiger partial charge in [0, 0.05) is 11.8 Å². The minimum Gasteiger partial charge on any atom is -0.461 e. The van der Waals surface area contributed by atoms with Crippen LogP contribution in [0.25, 0.3) is 0 Å². The maximum absolute atomic E-state index is 12.9. The number of fused-ring (bicyclic) bond motifs is 1. The highest BCUT2D eigenvalue weighted by atomic mass is 16.3. The van der Waals surface area contributed by atoms with Crippen molar-refractivity contribution < 1.29 is 24.5 Å². The number of carbonyl (C=O) groups is 1. The first-order valence-electron chi connectivity index (χ1n) is 14.9. The van der Waals surface area contributed by atoms with Crippen molar-refractivity contribution in [2.45, 2.75) is 96.9 Å². The molecule has 0 bridgehead atoms. The molecule has 39 heavy (non-hydrogen) atoms. The number of furan rings is 1.